The van der Waals surface area contributed by atoms with Crippen LogP contribution in [-0.4, -0.2) is 6.61 Å². The van der Waals surface area contributed by atoms with Crippen molar-refractivity contribution in [2.24, 2.45) is 0 Å². The first-order valence-corrected chi connectivity index (χ1v) is 5.83. The van der Waals surface area contributed by atoms with Crippen molar-refractivity contribution in [3.8, 4) is 5.75 Å². The summed E-state index contributed by atoms with van der Waals surface area (Å²) in [7, 11) is 0. The van der Waals surface area contributed by atoms with Crippen LogP contribution in [0, 0.1) is 5.92 Å². The van der Waals surface area contributed by atoms with Crippen molar-refractivity contribution in [1.29, 1.82) is 0 Å². The molecule has 0 amide bonds. The normalized spacial score (nSPS) is 10.9. The fraction of sp³-hybridized carbons (Fsp3) is 0.400. The molecule has 0 aliphatic carbocycles. The van der Waals surface area contributed by atoms with Crippen LogP contribution >= 0.6 is 0 Å². The minimum Gasteiger partial charge on any atom is -0.494 e. The van der Waals surface area contributed by atoms with Gasteiger partial charge < -0.3 is 4.74 Å². The Kier molecular flexibility index (Phi) is 4.60. The third-order valence-electron chi connectivity index (χ3n) is 2.69. The molecule has 0 atom stereocenters. The maximum atomic E-state index is 5.53. The monoisotopic (exact) mass is 217 g/mol. The van der Waals surface area contributed by atoms with Crippen LogP contribution in [0.2, 0.25) is 0 Å². The van der Waals surface area contributed by atoms with Crippen LogP contribution in [0.3, 0.4) is 0 Å². The van der Waals surface area contributed by atoms with Gasteiger partial charge in [-0.05, 0) is 36.1 Å². The summed E-state index contributed by atoms with van der Waals surface area (Å²) in [6, 6.07) is 6.30. The highest BCUT2D eigenvalue weighted by Crippen LogP contribution is 2.29. The average Bonchev–Trinajstić information content (AvgIpc) is 2.28. The number of hydrogen-bond acceptors (Lipinski definition) is 1. The van der Waals surface area contributed by atoms with Gasteiger partial charge >= 0.3 is 0 Å². The SMILES string of the molecule is C=C[C](C)c1cc(OCC)ccc1C(C)C. The van der Waals surface area contributed by atoms with Gasteiger partial charge in [-0.1, -0.05) is 32.9 Å². The molecule has 0 bridgehead atoms. The summed E-state index contributed by atoms with van der Waals surface area (Å²) in [5, 5.41) is 0. The third-order valence-corrected chi connectivity index (χ3v) is 2.69. The van der Waals surface area contributed by atoms with Crippen LogP contribution in [0.15, 0.2) is 30.9 Å². The first-order valence-electron chi connectivity index (χ1n) is 5.83. The molecule has 0 heterocycles. The zero-order valence-electron chi connectivity index (χ0n) is 10.7. The topological polar surface area (TPSA) is 9.23 Å². The second-order valence-electron chi connectivity index (χ2n) is 4.22. The Hall–Kier alpha value is -1.24. The standard InChI is InChI=1S/C15H21O/c1-6-12(5)15-10-13(16-7-2)8-9-14(15)11(3)4/h6,8-11H,1,7H2,2-5H3. The molecule has 0 aliphatic rings. The Balaban J connectivity index is 3.15. The quantitative estimate of drug-likeness (QED) is 0.713. The Labute approximate surface area is 99.1 Å². The van der Waals surface area contributed by atoms with Crippen molar-refractivity contribution >= 4 is 0 Å². The van der Waals surface area contributed by atoms with E-state index < -0.39 is 0 Å². The average molecular weight is 217 g/mol. The summed E-state index contributed by atoms with van der Waals surface area (Å²) in [6.07, 6.45) is 1.90. The van der Waals surface area contributed by atoms with Gasteiger partial charge in [0.15, 0.2) is 0 Å². The van der Waals surface area contributed by atoms with Crippen LogP contribution in [0.1, 0.15) is 44.7 Å². The number of rotatable bonds is 5. The van der Waals surface area contributed by atoms with E-state index in [9.17, 15) is 0 Å². The van der Waals surface area contributed by atoms with Crippen LogP contribution < -0.4 is 4.74 Å². The predicted octanol–water partition coefficient (Wildman–Crippen LogP) is 4.34. The summed E-state index contributed by atoms with van der Waals surface area (Å²) < 4.78 is 5.53. The van der Waals surface area contributed by atoms with Crippen LogP contribution in [-0.2, 0) is 0 Å². The van der Waals surface area contributed by atoms with E-state index in [2.05, 4.69) is 39.5 Å². The third kappa shape index (κ3) is 2.88. The predicted molar refractivity (Wildman–Crippen MR) is 69.9 cm³/mol. The van der Waals surface area contributed by atoms with Crippen molar-refractivity contribution in [3.05, 3.63) is 47.9 Å². The molecule has 1 heteroatoms. The highest BCUT2D eigenvalue weighted by Gasteiger charge is 2.12. The molecule has 1 aromatic carbocycles. The molecule has 1 radical (unpaired) electrons. The second-order valence-corrected chi connectivity index (χ2v) is 4.22. The zero-order valence-corrected chi connectivity index (χ0v) is 10.7. The molecular weight excluding hydrogens is 196 g/mol. The minimum atomic E-state index is 0.514. The number of benzene rings is 1. The molecule has 0 saturated carbocycles. The molecule has 0 N–H and O–H groups in total. The van der Waals surface area contributed by atoms with E-state index in [0.29, 0.717) is 12.5 Å². The van der Waals surface area contributed by atoms with E-state index in [4.69, 9.17) is 4.74 Å². The lowest BCUT2D eigenvalue weighted by molar-refractivity contribution is 0.340. The van der Waals surface area contributed by atoms with Crippen LogP contribution in [0.4, 0.5) is 0 Å². The van der Waals surface area contributed by atoms with Crippen LogP contribution in [0.25, 0.3) is 0 Å². The minimum absolute atomic E-state index is 0.514. The number of ether oxygens (including phenoxy) is 1. The molecular formula is C15H21O. The largest absolute Gasteiger partial charge is 0.494 e. The Bertz CT molecular complexity index is 352. The molecule has 1 rings (SSSR count). The van der Waals surface area contributed by atoms with Crippen molar-refractivity contribution in [3.63, 3.8) is 0 Å². The summed E-state index contributed by atoms with van der Waals surface area (Å²) in [5.74, 6) is 2.65. The lowest BCUT2D eigenvalue weighted by Gasteiger charge is -2.17. The maximum Gasteiger partial charge on any atom is 0.119 e. The molecule has 1 aromatic rings. The molecule has 0 spiro atoms. The van der Waals surface area contributed by atoms with E-state index in [-0.39, 0.29) is 0 Å². The molecule has 0 aliphatic heterocycles. The Morgan fingerprint density at radius 2 is 2.12 bits per heavy atom. The molecule has 1 nitrogen and oxygen atoms in total. The molecule has 0 saturated heterocycles. The summed E-state index contributed by atoms with van der Waals surface area (Å²) >= 11 is 0. The molecule has 87 valence electrons. The first kappa shape index (κ1) is 12.8. The summed E-state index contributed by atoms with van der Waals surface area (Å²) in [5.41, 5.74) is 2.59. The Morgan fingerprint density at radius 1 is 1.44 bits per heavy atom. The van der Waals surface area contributed by atoms with Crippen molar-refractivity contribution in [1.82, 2.24) is 0 Å². The fourth-order valence-corrected chi connectivity index (χ4v) is 1.75. The van der Waals surface area contributed by atoms with E-state index in [1.807, 2.05) is 19.1 Å². The fourth-order valence-electron chi connectivity index (χ4n) is 1.75. The highest BCUT2D eigenvalue weighted by atomic mass is 16.5. The molecule has 0 aromatic heterocycles. The van der Waals surface area contributed by atoms with E-state index in [1.54, 1.807) is 0 Å². The van der Waals surface area contributed by atoms with Gasteiger partial charge in [-0.3, -0.25) is 0 Å². The van der Waals surface area contributed by atoms with E-state index >= 15 is 0 Å². The number of allylic oxidation sites excluding steroid dienone is 1. The lowest BCUT2D eigenvalue weighted by atomic mass is 9.89. The van der Waals surface area contributed by atoms with Gasteiger partial charge in [-0.25, -0.2) is 0 Å². The molecule has 0 unspecified atom stereocenters. The van der Waals surface area contributed by atoms with Crippen molar-refractivity contribution in [2.45, 2.75) is 33.6 Å². The zero-order chi connectivity index (χ0) is 12.1. The van der Waals surface area contributed by atoms with Gasteiger partial charge in [0.25, 0.3) is 0 Å². The highest BCUT2D eigenvalue weighted by molar-refractivity contribution is 5.47. The maximum absolute atomic E-state index is 5.53. The number of hydrogen-bond donors (Lipinski definition) is 0. The lowest BCUT2D eigenvalue weighted by Crippen LogP contribution is -2.01. The summed E-state index contributed by atoms with van der Waals surface area (Å²) in [6.45, 7) is 13.0. The van der Waals surface area contributed by atoms with Crippen LogP contribution in [0.5, 0.6) is 5.75 Å². The van der Waals surface area contributed by atoms with Gasteiger partial charge in [0, 0.05) is 5.92 Å². The first-order chi connectivity index (χ1) is 7.60. The molecule has 16 heavy (non-hydrogen) atoms. The van der Waals surface area contributed by atoms with Gasteiger partial charge in [0.05, 0.1) is 6.61 Å². The molecule has 0 fully saturated rings. The van der Waals surface area contributed by atoms with Crippen molar-refractivity contribution in [2.75, 3.05) is 6.61 Å². The van der Waals surface area contributed by atoms with Gasteiger partial charge in [-0.2, -0.15) is 0 Å². The van der Waals surface area contributed by atoms with Gasteiger partial charge in [0.2, 0.25) is 0 Å². The van der Waals surface area contributed by atoms with Crippen molar-refractivity contribution < 1.29 is 4.74 Å². The second kappa shape index (κ2) is 5.74. The summed E-state index contributed by atoms with van der Waals surface area (Å²) in [4.78, 5) is 0. The smallest absolute Gasteiger partial charge is 0.119 e. The van der Waals surface area contributed by atoms with Gasteiger partial charge in [-0.15, -0.1) is 6.58 Å². The Morgan fingerprint density at radius 3 is 2.62 bits per heavy atom. The van der Waals surface area contributed by atoms with E-state index in [1.165, 1.54) is 17.0 Å². The van der Waals surface area contributed by atoms with Gasteiger partial charge in [0.1, 0.15) is 5.75 Å². The van der Waals surface area contributed by atoms with E-state index in [0.717, 1.165) is 5.75 Å².